The molecule has 0 aliphatic carbocycles. The summed E-state index contributed by atoms with van der Waals surface area (Å²) in [6.45, 7) is 20.9. The minimum atomic E-state index is -1.86. The lowest BCUT2D eigenvalue weighted by atomic mass is 9.82. The Morgan fingerprint density at radius 2 is 1.48 bits per heavy atom. The Bertz CT molecular complexity index is 405. The molecule has 0 saturated carbocycles. The molecule has 1 saturated heterocycles. The molecule has 1 aliphatic heterocycles. The molecule has 4 nitrogen and oxygen atoms in total. The Labute approximate surface area is 169 Å². The second-order valence-corrected chi connectivity index (χ2v) is 15.4. The summed E-state index contributed by atoms with van der Waals surface area (Å²) in [4.78, 5) is 0. The molecule has 2 N–H and O–H groups in total. The van der Waals surface area contributed by atoms with Crippen molar-refractivity contribution < 1.29 is 19.4 Å². The first-order chi connectivity index (χ1) is 12.5. The first kappa shape index (κ1) is 25.1. The molecule has 1 aliphatic rings. The molecule has 162 valence electrons. The van der Waals surface area contributed by atoms with Crippen LogP contribution in [-0.4, -0.2) is 50.1 Å². The zero-order valence-corrected chi connectivity index (χ0v) is 20.2. The van der Waals surface area contributed by atoms with Crippen molar-refractivity contribution in [2.75, 3.05) is 13.2 Å². The molecular weight excluding hydrogens is 356 g/mol. The van der Waals surface area contributed by atoms with Crippen molar-refractivity contribution in [1.29, 1.82) is 0 Å². The van der Waals surface area contributed by atoms with Crippen molar-refractivity contribution in [3.05, 3.63) is 0 Å². The maximum absolute atomic E-state index is 10.1. The number of ether oxygens (including phenoxy) is 1. The maximum Gasteiger partial charge on any atom is 0.200 e. The van der Waals surface area contributed by atoms with E-state index >= 15 is 0 Å². The Balaban J connectivity index is 2.79. The van der Waals surface area contributed by atoms with Gasteiger partial charge in [0, 0.05) is 18.4 Å². The Morgan fingerprint density at radius 1 is 0.963 bits per heavy atom. The van der Waals surface area contributed by atoms with E-state index in [0.717, 1.165) is 19.4 Å². The first-order valence-electron chi connectivity index (χ1n) is 11.1. The third kappa shape index (κ3) is 5.78. The highest BCUT2D eigenvalue weighted by Gasteiger charge is 2.46. The van der Waals surface area contributed by atoms with Gasteiger partial charge in [0.1, 0.15) is 0 Å². The number of hydrogen-bond donors (Lipinski definition) is 2. The molecule has 0 bridgehead atoms. The molecule has 0 aromatic carbocycles. The summed E-state index contributed by atoms with van der Waals surface area (Å²) in [6.07, 6.45) is 1.59. The molecule has 0 amide bonds. The largest absolute Gasteiger partial charge is 0.416 e. The number of rotatable bonds is 10. The molecule has 0 spiro atoms. The van der Waals surface area contributed by atoms with Gasteiger partial charge in [0.15, 0.2) is 8.32 Å². The molecule has 6 atom stereocenters. The van der Waals surface area contributed by atoms with Crippen LogP contribution in [0.25, 0.3) is 0 Å². The molecule has 27 heavy (non-hydrogen) atoms. The fraction of sp³-hybridized carbons (Fsp3) is 1.00. The zero-order chi connectivity index (χ0) is 20.9. The molecule has 1 unspecified atom stereocenters. The zero-order valence-electron chi connectivity index (χ0n) is 19.2. The lowest BCUT2D eigenvalue weighted by molar-refractivity contribution is -0.146. The van der Waals surface area contributed by atoms with E-state index < -0.39 is 14.4 Å². The van der Waals surface area contributed by atoms with Crippen LogP contribution in [0.4, 0.5) is 0 Å². The van der Waals surface area contributed by atoms with Crippen LogP contribution in [0.2, 0.25) is 16.6 Å². The summed E-state index contributed by atoms with van der Waals surface area (Å²) in [5, 5.41) is 19.4. The van der Waals surface area contributed by atoms with E-state index in [9.17, 15) is 10.2 Å². The fourth-order valence-electron chi connectivity index (χ4n) is 5.32. The highest BCUT2D eigenvalue weighted by molar-refractivity contribution is 6.77. The third-order valence-electron chi connectivity index (χ3n) is 7.05. The average molecular weight is 403 g/mol. The topological polar surface area (TPSA) is 58.9 Å². The van der Waals surface area contributed by atoms with Gasteiger partial charge in [-0.25, -0.2) is 0 Å². The highest BCUT2D eigenvalue weighted by atomic mass is 28.4. The van der Waals surface area contributed by atoms with Crippen LogP contribution in [0.5, 0.6) is 0 Å². The van der Waals surface area contributed by atoms with Crippen molar-refractivity contribution in [3.8, 4) is 0 Å². The van der Waals surface area contributed by atoms with E-state index in [1.54, 1.807) is 0 Å². The number of aliphatic hydroxyl groups is 2. The monoisotopic (exact) mass is 402 g/mol. The summed E-state index contributed by atoms with van der Waals surface area (Å²) in [5.41, 5.74) is 1.76. The first-order valence-corrected chi connectivity index (χ1v) is 13.2. The van der Waals surface area contributed by atoms with Gasteiger partial charge in [0.2, 0.25) is 0 Å². The van der Waals surface area contributed by atoms with E-state index in [1.807, 2.05) is 6.92 Å². The number of aliphatic hydroxyl groups excluding tert-OH is 2. The van der Waals surface area contributed by atoms with Crippen LogP contribution in [-0.2, 0) is 9.16 Å². The summed E-state index contributed by atoms with van der Waals surface area (Å²) in [7, 11) is -1.86. The Hall–Kier alpha value is 0.0569. The van der Waals surface area contributed by atoms with E-state index in [1.165, 1.54) is 0 Å². The predicted molar refractivity (Wildman–Crippen MR) is 115 cm³/mol. The van der Waals surface area contributed by atoms with E-state index in [2.05, 4.69) is 55.4 Å². The molecule has 1 rings (SSSR count). The maximum atomic E-state index is 10.1. The van der Waals surface area contributed by atoms with Gasteiger partial charge in [-0.05, 0) is 35.4 Å². The van der Waals surface area contributed by atoms with E-state index in [-0.39, 0.29) is 24.7 Å². The van der Waals surface area contributed by atoms with E-state index in [4.69, 9.17) is 9.16 Å². The van der Waals surface area contributed by atoms with Gasteiger partial charge >= 0.3 is 0 Å². The lowest BCUT2D eigenvalue weighted by Gasteiger charge is -2.45. The van der Waals surface area contributed by atoms with Gasteiger partial charge in [0.05, 0.1) is 24.9 Å². The normalized spacial score (nSPS) is 28.0. The summed E-state index contributed by atoms with van der Waals surface area (Å²) < 4.78 is 13.2. The van der Waals surface area contributed by atoms with Crippen LogP contribution >= 0.6 is 0 Å². The Morgan fingerprint density at radius 3 is 1.93 bits per heavy atom. The smallest absolute Gasteiger partial charge is 0.200 e. The summed E-state index contributed by atoms with van der Waals surface area (Å²) in [6, 6.07) is 0. The molecular formula is C22H46O4Si. The van der Waals surface area contributed by atoms with Gasteiger partial charge in [-0.15, -0.1) is 0 Å². The van der Waals surface area contributed by atoms with Crippen LogP contribution < -0.4 is 0 Å². The second-order valence-electron chi connectivity index (χ2n) is 9.91. The van der Waals surface area contributed by atoms with Gasteiger partial charge in [0.25, 0.3) is 0 Å². The van der Waals surface area contributed by atoms with Gasteiger partial charge in [-0.1, -0.05) is 62.3 Å². The predicted octanol–water partition coefficient (Wildman–Crippen LogP) is 4.99. The van der Waals surface area contributed by atoms with Crippen LogP contribution in [0, 0.1) is 17.8 Å². The van der Waals surface area contributed by atoms with Crippen LogP contribution in [0.3, 0.4) is 0 Å². The standard InChI is InChI=1S/C22H46O4Si/c1-14(2)27(15(3)4,16(5)6)25-13-18(8)21-11-10-17(7)22(26-21)19(9)20(24)12-23/h14-24H,10-13H2,1-9H3/t17-,18+,19-,20?,21-,22-/m0/s1. The lowest BCUT2D eigenvalue weighted by Crippen LogP contribution is -2.50. The molecule has 0 radical (unpaired) electrons. The fourth-order valence-corrected chi connectivity index (χ4v) is 10.9. The Kier molecular flexibility index (Phi) is 9.97. The van der Waals surface area contributed by atoms with Gasteiger partial charge < -0.3 is 19.4 Å². The average Bonchev–Trinajstić information content (AvgIpc) is 2.60. The number of hydrogen-bond acceptors (Lipinski definition) is 4. The van der Waals surface area contributed by atoms with Crippen molar-refractivity contribution in [2.45, 2.75) is 110 Å². The SMILES string of the molecule is CC(C)[Si](OC[C@@H](C)[C@@H]1CC[C@H](C)[C@@H]([C@@H](C)C(O)CO)O1)(C(C)C)C(C)C. The molecule has 5 heteroatoms. The molecule has 0 aromatic heterocycles. The highest BCUT2D eigenvalue weighted by Crippen LogP contribution is 2.43. The second kappa shape index (κ2) is 10.7. The van der Waals surface area contributed by atoms with Crippen molar-refractivity contribution in [1.82, 2.24) is 0 Å². The van der Waals surface area contributed by atoms with Crippen molar-refractivity contribution in [2.24, 2.45) is 17.8 Å². The summed E-state index contributed by atoms with van der Waals surface area (Å²) >= 11 is 0. The molecule has 1 fully saturated rings. The molecule has 1 heterocycles. The van der Waals surface area contributed by atoms with Crippen molar-refractivity contribution >= 4 is 8.32 Å². The van der Waals surface area contributed by atoms with Gasteiger partial charge in [-0.2, -0.15) is 0 Å². The minimum Gasteiger partial charge on any atom is -0.416 e. The molecule has 0 aromatic rings. The quantitative estimate of drug-likeness (QED) is 0.506. The van der Waals surface area contributed by atoms with E-state index in [0.29, 0.717) is 28.5 Å². The van der Waals surface area contributed by atoms with Crippen LogP contribution in [0.15, 0.2) is 0 Å². The van der Waals surface area contributed by atoms with Crippen molar-refractivity contribution in [3.63, 3.8) is 0 Å². The minimum absolute atomic E-state index is 0.00403. The summed E-state index contributed by atoms with van der Waals surface area (Å²) in [5.74, 6) is 0.680. The van der Waals surface area contributed by atoms with Crippen LogP contribution in [0.1, 0.15) is 75.2 Å². The third-order valence-corrected chi connectivity index (χ3v) is 13.1. The van der Waals surface area contributed by atoms with Gasteiger partial charge in [-0.3, -0.25) is 0 Å².